The number of H-pyrrole nitrogens is 1. The maximum atomic E-state index is 12.1. The van der Waals surface area contributed by atoms with Crippen molar-refractivity contribution in [2.24, 2.45) is 0 Å². The first-order valence-electron chi connectivity index (χ1n) is 10.9. The summed E-state index contributed by atoms with van der Waals surface area (Å²) < 4.78 is 5.63. The number of para-hydroxylation sites is 1. The Morgan fingerprint density at radius 2 is 1.79 bits per heavy atom. The third kappa shape index (κ3) is 4.58. The average Bonchev–Trinajstić information content (AvgIpc) is 3.31. The number of allylic oxidation sites excluding steroid dienone is 1. The largest absolute Gasteiger partial charge is 0.423 e. The molecular weight excluding hydrogens is 410 g/mol. The molecule has 0 fully saturated rings. The van der Waals surface area contributed by atoms with Crippen LogP contribution in [0.1, 0.15) is 30.0 Å². The van der Waals surface area contributed by atoms with Gasteiger partial charge in [0.25, 0.3) is 0 Å². The lowest BCUT2D eigenvalue weighted by Gasteiger charge is -2.19. The number of nitrogens with one attached hydrogen (secondary N) is 1. The quantitative estimate of drug-likeness (QED) is 0.165. The van der Waals surface area contributed by atoms with Crippen LogP contribution < -0.4 is 9.64 Å². The van der Waals surface area contributed by atoms with Gasteiger partial charge in [-0.25, -0.2) is 4.79 Å². The van der Waals surface area contributed by atoms with Crippen LogP contribution in [0.25, 0.3) is 22.0 Å². The number of anilines is 1. The molecule has 0 aliphatic rings. The van der Waals surface area contributed by atoms with E-state index in [4.69, 9.17) is 4.74 Å². The van der Waals surface area contributed by atoms with Crippen molar-refractivity contribution in [2.75, 3.05) is 19.0 Å². The molecule has 5 nitrogen and oxygen atoms in total. The molecule has 0 radical (unpaired) electrons. The maximum Gasteiger partial charge on any atom is 0.335 e. The van der Waals surface area contributed by atoms with Gasteiger partial charge >= 0.3 is 5.97 Å². The number of benzene rings is 3. The SMILES string of the molecule is C=CC(=O)Oc1ccccc1/C(=C(\CC)c1ccc(N(C)C)cc1)c1ccc2[nH]ncc2c1. The molecule has 0 saturated carbocycles. The van der Waals surface area contributed by atoms with E-state index in [0.717, 1.165) is 50.8 Å². The highest BCUT2D eigenvalue weighted by Gasteiger charge is 2.18. The maximum absolute atomic E-state index is 12.1. The van der Waals surface area contributed by atoms with E-state index in [0.29, 0.717) is 5.75 Å². The summed E-state index contributed by atoms with van der Waals surface area (Å²) in [5.41, 5.74) is 7.28. The van der Waals surface area contributed by atoms with Crippen molar-refractivity contribution in [2.45, 2.75) is 13.3 Å². The van der Waals surface area contributed by atoms with Crippen LogP contribution >= 0.6 is 0 Å². The lowest BCUT2D eigenvalue weighted by molar-refractivity contribution is -0.128. The monoisotopic (exact) mass is 437 g/mol. The first-order valence-corrected chi connectivity index (χ1v) is 10.9. The summed E-state index contributed by atoms with van der Waals surface area (Å²) in [6, 6.07) is 22.4. The predicted molar refractivity (Wildman–Crippen MR) is 135 cm³/mol. The van der Waals surface area contributed by atoms with E-state index in [1.165, 1.54) is 6.08 Å². The number of aromatic amines is 1. The molecular formula is C28H27N3O2. The van der Waals surface area contributed by atoms with Crippen molar-refractivity contribution >= 4 is 33.7 Å². The Labute approximate surface area is 194 Å². The Balaban J connectivity index is 1.98. The molecule has 0 unspecified atom stereocenters. The molecule has 0 aliphatic heterocycles. The van der Waals surface area contributed by atoms with Crippen LogP contribution in [0.2, 0.25) is 0 Å². The summed E-state index contributed by atoms with van der Waals surface area (Å²) in [5, 5.41) is 8.19. The molecule has 33 heavy (non-hydrogen) atoms. The number of esters is 1. The van der Waals surface area contributed by atoms with Gasteiger partial charge in [0.05, 0.1) is 11.7 Å². The zero-order valence-corrected chi connectivity index (χ0v) is 19.1. The van der Waals surface area contributed by atoms with Crippen LogP contribution in [-0.2, 0) is 4.79 Å². The summed E-state index contributed by atoms with van der Waals surface area (Å²) in [7, 11) is 4.06. The second-order valence-electron chi connectivity index (χ2n) is 7.94. The van der Waals surface area contributed by atoms with Crippen LogP contribution in [0.4, 0.5) is 5.69 Å². The van der Waals surface area contributed by atoms with Gasteiger partial charge in [0, 0.05) is 36.8 Å². The number of carbonyl (C=O) groups is 1. The summed E-state index contributed by atoms with van der Waals surface area (Å²) in [6.07, 6.45) is 3.79. The number of aromatic nitrogens is 2. The Morgan fingerprint density at radius 1 is 1.06 bits per heavy atom. The van der Waals surface area contributed by atoms with Crippen molar-refractivity contribution in [1.29, 1.82) is 0 Å². The van der Waals surface area contributed by atoms with Gasteiger partial charge in [-0.3, -0.25) is 5.10 Å². The second-order valence-corrected chi connectivity index (χ2v) is 7.94. The molecule has 0 saturated heterocycles. The molecule has 4 rings (SSSR count). The van der Waals surface area contributed by atoms with E-state index in [1.807, 2.05) is 50.6 Å². The zero-order chi connectivity index (χ0) is 23.4. The van der Waals surface area contributed by atoms with E-state index in [-0.39, 0.29) is 0 Å². The van der Waals surface area contributed by atoms with Gasteiger partial charge in [-0.15, -0.1) is 0 Å². The smallest absolute Gasteiger partial charge is 0.335 e. The Hall–Kier alpha value is -4.12. The van der Waals surface area contributed by atoms with Gasteiger partial charge in [0.15, 0.2) is 0 Å². The van der Waals surface area contributed by atoms with Gasteiger partial charge in [-0.2, -0.15) is 5.10 Å². The fourth-order valence-electron chi connectivity index (χ4n) is 3.99. The summed E-state index contributed by atoms with van der Waals surface area (Å²) in [6.45, 7) is 5.68. The fraction of sp³-hybridized carbons (Fsp3) is 0.143. The molecule has 1 heterocycles. The van der Waals surface area contributed by atoms with Crippen LogP contribution in [0, 0.1) is 0 Å². The van der Waals surface area contributed by atoms with Crippen LogP contribution in [-0.4, -0.2) is 30.3 Å². The van der Waals surface area contributed by atoms with Crippen molar-refractivity contribution in [3.8, 4) is 5.75 Å². The number of hydrogen-bond acceptors (Lipinski definition) is 4. The third-order valence-electron chi connectivity index (χ3n) is 5.65. The molecule has 0 aliphatic carbocycles. The van der Waals surface area contributed by atoms with Gasteiger partial charge in [-0.1, -0.05) is 49.9 Å². The van der Waals surface area contributed by atoms with Crippen LogP contribution in [0.15, 0.2) is 85.6 Å². The average molecular weight is 438 g/mol. The first-order chi connectivity index (χ1) is 16.0. The van der Waals surface area contributed by atoms with Crippen LogP contribution in [0.5, 0.6) is 5.75 Å². The van der Waals surface area contributed by atoms with Crippen molar-refractivity contribution < 1.29 is 9.53 Å². The number of fused-ring (bicyclic) bond motifs is 1. The highest BCUT2D eigenvalue weighted by molar-refractivity contribution is 6.02. The molecule has 3 aromatic carbocycles. The number of ether oxygens (including phenoxy) is 1. The molecule has 0 amide bonds. The zero-order valence-electron chi connectivity index (χ0n) is 19.1. The minimum atomic E-state index is -0.486. The standard InChI is InChI=1S/C28H27N3O2/c1-5-23(19-11-14-22(15-12-19)31(3)4)28(20-13-16-25-21(17-20)18-29-30-25)24-9-7-8-10-26(24)33-27(32)6-2/h6-18H,2,5H2,1,3-4H3,(H,29,30)/b28-23+. The third-order valence-corrected chi connectivity index (χ3v) is 5.65. The Kier molecular flexibility index (Phi) is 6.41. The highest BCUT2D eigenvalue weighted by Crippen LogP contribution is 2.39. The van der Waals surface area contributed by atoms with E-state index in [1.54, 1.807) is 0 Å². The molecule has 1 aromatic heterocycles. The molecule has 0 atom stereocenters. The van der Waals surface area contributed by atoms with Gasteiger partial charge in [0.1, 0.15) is 5.75 Å². The second kappa shape index (κ2) is 9.57. The fourth-order valence-corrected chi connectivity index (χ4v) is 3.99. The summed E-state index contributed by atoms with van der Waals surface area (Å²) in [5.74, 6) is 0.0148. The van der Waals surface area contributed by atoms with E-state index in [9.17, 15) is 4.79 Å². The number of carbonyl (C=O) groups excluding carboxylic acids is 1. The summed E-state index contributed by atoms with van der Waals surface area (Å²) in [4.78, 5) is 14.2. The molecule has 4 aromatic rings. The van der Waals surface area contributed by atoms with Crippen molar-refractivity contribution in [3.05, 3.63) is 102 Å². The van der Waals surface area contributed by atoms with E-state index < -0.39 is 5.97 Å². The van der Waals surface area contributed by atoms with Gasteiger partial charge in [-0.05, 0) is 59.0 Å². The normalized spacial score (nSPS) is 11.7. The first kappa shape index (κ1) is 22.1. The van der Waals surface area contributed by atoms with Gasteiger partial charge < -0.3 is 9.64 Å². The lowest BCUT2D eigenvalue weighted by Crippen LogP contribution is -2.08. The molecule has 0 bridgehead atoms. The van der Waals surface area contributed by atoms with Gasteiger partial charge in [0.2, 0.25) is 0 Å². The van der Waals surface area contributed by atoms with E-state index >= 15 is 0 Å². The lowest BCUT2D eigenvalue weighted by atomic mass is 9.87. The predicted octanol–water partition coefficient (Wildman–Crippen LogP) is 6.09. The topological polar surface area (TPSA) is 58.2 Å². The minimum Gasteiger partial charge on any atom is -0.423 e. The van der Waals surface area contributed by atoms with Crippen molar-refractivity contribution in [1.82, 2.24) is 10.2 Å². The Morgan fingerprint density at radius 3 is 2.48 bits per heavy atom. The minimum absolute atomic E-state index is 0.486. The Bertz CT molecular complexity index is 1330. The number of nitrogens with zero attached hydrogens (tertiary/aromatic N) is 2. The molecule has 5 heteroatoms. The number of rotatable bonds is 7. The van der Waals surface area contributed by atoms with Crippen LogP contribution in [0.3, 0.4) is 0 Å². The molecule has 1 N–H and O–H groups in total. The molecule has 166 valence electrons. The highest BCUT2D eigenvalue weighted by atomic mass is 16.5. The molecule has 0 spiro atoms. The van der Waals surface area contributed by atoms with E-state index in [2.05, 4.69) is 65.0 Å². The van der Waals surface area contributed by atoms with Crippen molar-refractivity contribution in [3.63, 3.8) is 0 Å². The summed E-state index contributed by atoms with van der Waals surface area (Å²) >= 11 is 0. The number of hydrogen-bond donors (Lipinski definition) is 1.